The van der Waals surface area contributed by atoms with E-state index in [-0.39, 0.29) is 4.90 Å². The van der Waals surface area contributed by atoms with Crippen LogP contribution in [0.25, 0.3) is 0 Å². The summed E-state index contributed by atoms with van der Waals surface area (Å²) < 4.78 is 28.4. The maximum absolute atomic E-state index is 13.4. The van der Waals surface area contributed by atoms with Gasteiger partial charge in [0.15, 0.2) is 0 Å². The van der Waals surface area contributed by atoms with Crippen molar-refractivity contribution >= 4 is 33.4 Å². The summed E-state index contributed by atoms with van der Waals surface area (Å²) in [6.07, 6.45) is 10.3. The Labute approximate surface area is 208 Å². The van der Waals surface area contributed by atoms with Crippen LogP contribution >= 0.6 is 11.6 Å². The smallest absolute Gasteiger partial charge is 0.243 e. The second-order valence-electron chi connectivity index (χ2n) is 9.77. The molecule has 1 aromatic heterocycles. The Hall–Kier alpha value is -1.90. The predicted octanol–water partition coefficient (Wildman–Crippen LogP) is 4.64. The fourth-order valence-corrected chi connectivity index (χ4v) is 7.21. The van der Waals surface area contributed by atoms with Crippen molar-refractivity contribution in [3.8, 4) is 0 Å². The van der Waals surface area contributed by atoms with Gasteiger partial charge in [0.2, 0.25) is 16.0 Å². The maximum atomic E-state index is 13.4. The van der Waals surface area contributed by atoms with Gasteiger partial charge in [-0.3, -0.25) is 0 Å². The minimum atomic E-state index is -3.65. The van der Waals surface area contributed by atoms with Crippen molar-refractivity contribution in [1.82, 2.24) is 14.3 Å². The second kappa shape index (κ2) is 9.99. The lowest BCUT2D eigenvalue weighted by Gasteiger charge is -2.36. The zero-order chi connectivity index (χ0) is 23.7. The summed E-state index contributed by atoms with van der Waals surface area (Å²) in [4.78, 5) is 14.9. The molecule has 0 atom stereocenters. The molecule has 0 spiro atoms. The van der Waals surface area contributed by atoms with Crippen LogP contribution in [-0.4, -0.2) is 55.4 Å². The highest BCUT2D eigenvalue weighted by Crippen LogP contribution is 2.34. The van der Waals surface area contributed by atoms with Gasteiger partial charge in [-0.05, 0) is 50.3 Å². The van der Waals surface area contributed by atoms with Gasteiger partial charge in [-0.1, -0.05) is 36.9 Å². The van der Waals surface area contributed by atoms with Crippen molar-refractivity contribution in [1.29, 1.82) is 0 Å². The van der Waals surface area contributed by atoms with Crippen molar-refractivity contribution < 1.29 is 8.42 Å². The minimum Gasteiger partial charge on any atom is -0.356 e. The van der Waals surface area contributed by atoms with Crippen LogP contribution in [0.15, 0.2) is 29.2 Å². The molecule has 2 fully saturated rings. The van der Waals surface area contributed by atoms with Crippen LogP contribution < -0.4 is 9.80 Å². The monoisotopic (exact) mass is 503 g/mol. The highest BCUT2D eigenvalue weighted by atomic mass is 35.5. The number of hydrogen-bond donors (Lipinski definition) is 0. The quantitative estimate of drug-likeness (QED) is 0.592. The molecule has 34 heavy (non-hydrogen) atoms. The number of sulfonamides is 1. The van der Waals surface area contributed by atoms with E-state index in [1.54, 1.807) is 22.5 Å². The summed E-state index contributed by atoms with van der Waals surface area (Å²) in [5, 5.41) is 0.422. The van der Waals surface area contributed by atoms with Gasteiger partial charge in [0.1, 0.15) is 5.82 Å². The van der Waals surface area contributed by atoms with Crippen molar-refractivity contribution in [2.45, 2.75) is 75.3 Å². The summed E-state index contributed by atoms with van der Waals surface area (Å²) in [6.45, 7) is 2.61. The molecule has 1 aliphatic carbocycles. The normalized spacial score (nSPS) is 20.2. The summed E-state index contributed by atoms with van der Waals surface area (Å²) in [6, 6.07) is 6.99. The fourth-order valence-electron chi connectivity index (χ4n) is 5.50. The first kappa shape index (κ1) is 23.8. The fraction of sp³-hybridized carbons (Fsp3) is 0.600. The Kier molecular flexibility index (Phi) is 7.00. The Morgan fingerprint density at radius 1 is 1.00 bits per heavy atom. The maximum Gasteiger partial charge on any atom is 0.243 e. The lowest BCUT2D eigenvalue weighted by Crippen LogP contribution is -2.40. The molecule has 0 N–H and O–H groups in total. The number of halogens is 1. The van der Waals surface area contributed by atoms with Crippen molar-refractivity contribution in [2.24, 2.45) is 0 Å². The number of nitrogens with zero attached hydrogens (tertiary/aromatic N) is 5. The second-order valence-corrected chi connectivity index (χ2v) is 12.1. The first-order valence-corrected chi connectivity index (χ1v) is 14.4. The van der Waals surface area contributed by atoms with Gasteiger partial charge >= 0.3 is 0 Å². The summed E-state index contributed by atoms with van der Waals surface area (Å²) in [5.41, 5.74) is 1.95. The summed E-state index contributed by atoms with van der Waals surface area (Å²) in [5.74, 6) is 1.71. The minimum absolute atomic E-state index is 0.234. The Morgan fingerprint density at radius 3 is 2.47 bits per heavy atom. The Bertz CT molecular complexity index is 1130. The SMILES string of the molecule is CN(c1nc2c(c(N3CCCCC3)n1)CN(S(=O)(=O)c1cccc(Cl)c1)CC2)C1CCCCC1. The topological polar surface area (TPSA) is 69.6 Å². The molecule has 184 valence electrons. The van der Waals surface area contributed by atoms with Crippen LogP contribution in [0.1, 0.15) is 62.6 Å². The molecule has 2 aromatic rings. The zero-order valence-corrected chi connectivity index (χ0v) is 21.5. The molecule has 0 bridgehead atoms. The van der Waals surface area contributed by atoms with E-state index < -0.39 is 10.0 Å². The van der Waals surface area contributed by atoms with E-state index in [9.17, 15) is 8.42 Å². The highest BCUT2D eigenvalue weighted by molar-refractivity contribution is 7.89. The third kappa shape index (κ3) is 4.77. The molecule has 7 nitrogen and oxygen atoms in total. The van der Waals surface area contributed by atoms with Crippen molar-refractivity contribution in [3.05, 3.63) is 40.5 Å². The molecule has 0 radical (unpaired) electrons. The first-order chi connectivity index (χ1) is 16.4. The molecule has 3 aliphatic rings. The van der Waals surface area contributed by atoms with Crippen LogP contribution in [0.2, 0.25) is 5.02 Å². The molecule has 0 amide bonds. The largest absolute Gasteiger partial charge is 0.356 e. The van der Waals surface area contributed by atoms with E-state index >= 15 is 0 Å². The molecular weight excluding hydrogens is 470 g/mol. The van der Waals surface area contributed by atoms with Crippen molar-refractivity contribution in [2.75, 3.05) is 36.5 Å². The lowest BCUT2D eigenvalue weighted by molar-refractivity contribution is 0.385. The summed E-state index contributed by atoms with van der Waals surface area (Å²) >= 11 is 6.09. The average molecular weight is 504 g/mol. The predicted molar refractivity (Wildman–Crippen MR) is 136 cm³/mol. The first-order valence-electron chi connectivity index (χ1n) is 12.6. The Balaban J connectivity index is 1.50. The molecule has 5 rings (SSSR count). The lowest BCUT2D eigenvalue weighted by atomic mass is 9.95. The zero-order valence-electron chi connectivity index (χ0n) is 19.9. The van der Waals surface area contributed by atoms with E-state index in [0.29, 0.717) is 30.6 Å². The van der Waals surface area contributed by atoms with Crippen LogP contribution in [0, 0.1) is 0 Å². The highest BCUT2D eigenvalue weighted by Gasteiger charge is 2.33. The van der Waals surface area contributed by atoms with E-state index in [1.165, 1.54) is 44.6 Å². The van der Waals surface area contributed by atoms with Crippen LogP contribution in [0.4, 0.5) is 11.8 Å². The number of hydrogen-bond acceptors (Lipinski definition) is 6. The third-order valence-corrected chi connectivity index (χ3v) is 9.60. The van der Waals surface area contributed by atoms with Gasteiger partial charge in [0.05, 0.1) is 10.6 Å². The van der Waals surface area contributed by atoms with Gasteiger partial charge in [-0.25, -0.2) is 13.4 Å². The number of rotatable bonds is 5. The van der Waals surface area contributed by atoms with Crippen LogP contribution in [-0.2, 0) is 23.0 Å². The molecule has 1 aromatic carbocycles. The van der Waals surface area contributed by atoms with Crippen LogP contribution in [0.3, 0.4) is 0 Å². The van der Waals surface area contributed by atoms with Gasteiger partial charge in [-0.2, -0.15) is 9.29 Å². The van der Waals surface area contributed by atoms with E-state index in [1.807, 2.05) is 0 Å². The average Bonchev–Trinajstić information content (AvgIpc) is 2.88. The molecule has 1 saturated carbocycles. The molecular formula is C25H34ClN5O2S. The Morgan fingerprint density at radius 2 is 1.74 bits per heavy atom. The summed E-state index contributed by atoms with van der Waals surface area (Å²) in [7, 11) is -1.53. The molecule has 2 aliphatic heterocycles. The van der Waals surface area contributed by atoms with Gasteiger partial charge in [0, 0.05) is 56.3 Å². The number of fused-ring (bicyclic) bond motifs is 1. The number of anilines is 2. The molecule has 1 saturated heterocycles. The molecule has 9 heteroatoms. The van der Waals surface area contributed by atoms with Gasteiger partial charge < -0.3 is 9.80 Å². The van der Waals surface area contributed by atoms with Gasteiger partial charge in [-0.15, -0.1) is 0 Å². The van der Waals surface area contributed by atoms with E-state index in [0.717, 1.165) is 49.0 Å². The van der Waals surface area contributed by atoms with Gasteiger partial charge in [0.25, 0.3) is 0 Å². The standard InChI is InChI=1S/C25H34ClN5O2S/c1-29(20-10-4-2-5-11-20)25-27-23-13-16-31(34(32,33)21-12-8-9-19(26)17-21)18-22(23)24(28-25)30-14-6-3-7-15-30/h8-9,12,17,20H,2-7,10-11,13-16,18H2,1H3. The van der Waals surface area contributed by atoms with E-state index in [4.69, 9.17) is 21.6 Å². The number of piperidine rings is 1. The van der Waals surface area contributed by atoms with Crippen LogP contribution in [0.5, 0.6) is 0 Å². The third-order valence-electron chi connectivity index (χ3n) is 7.52. The molecule has 0 unspecified atom stereocenters. The number of aromatic nitrogens is 2. The van der Waals surface area contributed by atoms with E-state index in [2.05, 4.69) is 16.8 Å². The molecule has 3 heterocycles. The van der Waals surface area contributed by atoms with Crippen molar-refractivity contribution in [3.63, 3.8) is 0 Å². The number of benzene rings is 1.